The Morgan fingerprint density at radius 1 is 0.854 bits per heavy atom. The molecule has 8 nitrogen and oxygen atoms in total. The topological polar surface area (TPSA) is 90.0 Å². The molecule has 0 bridgehead atoms. The number of nitrogens with one attached hydrogen (secondary N) is 1. The first-order valence-electron chi connectivity index (χ1n) is 14.0. The molecular formula is C32H31FN4O4. The van der Waals surface area contributed by atoms with Crippen molar-refractivity contribution in [3.63, 3.8) is 0 Å². The first-order chi connectivity index (χ1) is 19.9. The van der Waals surface area contributed by atoms with Crippen LogP contribution in [0.5, 0.6) is 0 Å². The van der Waals surface area contributed by atoms with E-state index in [9.17, 15) is 19.2 Å². The normalized spacial score (nSPS) is 19.8. The molecule has 3 aliphatic heterocycles. The van der Waals surface area contributed by atoms with Gasteiger partial charge in [-0.3, -0.25) is 29.4 Å². The molecule has 3 heterocycles. The molecule has 3 aromatic carbocycles. The molecule has 0 spiro atoms. The van der Waals surface area contributed by atoms with Crippen LogP contribution in [0.2, 0.25) is 0 Å². The molecule has 0 aromatic heterocycles. The summed E-state index contributed by atoms with van der Waals surface area (Å²) in [7, 11) is 0. The second-order valence-electron chi connectivity index (χ2n) is 10.8. The fourth-order valence-electron chi connectivity index (χ4n) is 6.22. The van der Waals surface area contributed by atoms with Crippen LogP contribution in [0, 0.1) is 5.82 Å². The Labute approximate surface area is 237 Å². The highest BCUT2D eigenvalue weighted by molar-refractivity contribution is 6.06. The third-order valence-corrected chi connectivity index (χ3v) is 8.29. The number of fused-ring (bicyclic) bond motifs is 1. The molecule has 3 aliphatic rings. The highest BCUT2D eigenvalue weighted by Crippen LogP contribution is 2.32. The second kappa shape index (κ2) is 11.2. The molecule has 0 aliphatic carbocycles. The van der Waals surface area contributed by atoms with Gasteiger partial charge in [0.2, 0.25) is 11.8 Å². The summed E-state index contributed by atoms with van der Waals surface area (Å²) in [6.07, 6.45) is 1.04. The van der Waals surface area contributed by atoms with Crippen molar-refractivity contribution >= 4 is 23.6 Å². The van der Waals surface area contributed by atoms with Crippen molar-refractivity contribution in [1.82, 2.24) is 20.0 Å². The molecule has 0 saturated carbocycles. The van der Waals surface area contributed by atoms with E-state index < -0.39 is 29.6 Å². The second-order valence-corrected chi connectivity index (χ2v) is 10.8. The molecule has 0 radical (unpaired) electrons. The van der Waals surface area contributed by atoms with Crippen molar-refractivity contribution in [2.45, 2.75) is 37.9 Å². The number of amides is 4. The molecule has 2 fully saturated rings. The van der Waals surface area contributed by atoms with Crippen LogP contribution in [0.3, 0.4) is 0 Å². The van der Waals surface area contributed by atoms with Crippen molar-refractivity contribution in [2.24, 2.45) is 0 Å². The lowest BCUT2D eigenvalue weighted by Gasteiger charge is -2.31. The summed E-state index contributed by atoms with van der Waals surface area (Å²) in [4.78, 5) is 55.9. The first-order valence-corrected chi connectivity index (χ1v) is 14.0. The van der Waals surface area contributed by atoms with E-state index in [0.717, 1.165) is 13.0 Å². The predicted octanol–water partition coefficient (Wildman–Crippen LogP) is 3.52. The third-order valence-electron chi connectivity index (χ3n) is 8.29. The zero-order valence-corrected chi connectivity index (χ0v) is 22.6. The van der Waals surface area contributed by atoms with Crippen LogP contribution in [0.1, 0.15) is 62.7 Å². The van der Waals surface area contributed by atoms with E-state index in [2.05, 4.69) is 34.5 Å². The Balaban J connectivity index is 1.20. The Morgan fingerprint density at radius 2 is 1.54 bits per heavy atom. The van der Waals surface area contributed by atoms with Gasteiger partial charge in [0.1, 0.15) is 11.9 Å². The lowest BCUT2D eigenvalue weighted by Crippen LogP contribution is -2.52. The van der Waals surface area contributed by atoms with E-state index in [1.807, 2.05) is 36.4 Å². The van der Waals surface area contributed by atoms with Crippen molar-refractivity contribution in [1.29, 1.82) is 0 Å². The number of carbonyl (C=O) groups is 4. The summed E-state index contributed by atoms with van der Waals surface area (Å²) in [6, 6.07) is 22.6. The van der Waals surface area contributed by atoms with Gasteiger partial charge in [0, 0.05) is 43.7 Å². The fourth-order valence-corrected chi connectivity index (χ4v) is 6.22. The van der Waals surface area contributed by atoms with Crippen LogP contribution in [0.15, 0.2) is 72.8 Å². The molecule has 1 unspecified atom stereocenters. The van der Waals surface area contributed by atoms with Gasteiger partial charge in [-0.25, -0.2) is 4.39 Å². The zero-order valence-electron chi connectivity index (χ0n) is 22.6. The number of carbonyl (C=O) groups excluding carboxylic acids is 4. The first kappa shape index (κ1) is 26.8. The quantitative estimate of drug-likeness (QED) is 0.488. The van der Waals surface area contributed by atoms with Crippen LogP contribution in [-0.2, 0) is 16.1 Å². The maximum atomic E-state index is 15.8. The van der Waals surface area contributed by atoms with E-state index in [-0.39, 0.29) is 48.0 Å². The van der Waals surface area contributed by atoms with Gasteiger partial charge in [-0.05, 0) is 36.1 Å². The molecule has 1 N–H and O–H groups in total. The van der Waals surface area contributed by atoms with E-state index in [1.54, 1.807) is 4.90 Å². The molecule has 1 atom stereocenters. The van der Waals surface area contributed by atoms with E-state index in [4.69, 9.17) is 0 Å². The number of rotatable bonds is 5. The van der Waals surface area contributed by atoms with Gasteiger partial charge in [-0.2, -0.15) is 0 Å². The van der Waals surface area contributed by atoms with Crippen molar-refractivity contribution in [3.05, 3.63) is 106 Å². The molecule has 9 heteroatoms. The zero-order chi connectivity index (χ0) is 28.5. The Hall–Kier alpha value is -4.37. The molecule has 4 amide bonds. The highest BCUT2D eigenvalue weighted by Gasteiger charge is 2.41. The minimum atomic E-state index is -0.843. The van der Waals surface area contributed by atoms with E-state index >= 15 is 4.39 Å². The Morgan fingerprint density at radius 3 is 2.20 bits per heavy atom. The summed E-state index contributed by atoms with van der Waals surface area (Å²) in [5.41, 5.74) is 2.55. The number of hydrogen-bond donors (Lipinski definition) is 1. The maximum Gasteiger partial charge on any atom is 0.256 e. The van der Waals surface area contributed by atoms with Gasteiger partial charge in [0.25, 0.3) is 11.8 Å². The van der Waals surface area contributed by atoms with Gasteiger partial charge >= 0.3 is 0 Å². The van der Waals surface area contributed by atoms with Crippen LogP contribution < -0.4 is 5.32 Å². The number of imide groups is 1. The van der Waals surface area contributed by atoms with Crippen molar-refractivity contribution < 1.29 is 23.6 Å². The average molecular weight is 555 g/mol. The van der Waals surface area contributed by atoms with E-state index in [1.165, 1.54) is 28.2 Å². The largest absolute Gasteiger partial charge is 0.337 e. The van der Waals surface area contributed by atoms with Gasteiger partial charge in [-0.1, -0.05) is 60.7 Å². The number of hydrogen-bond acceptors (Lipinski definition) is 5. The molecule has 210 valence electrons. The minimum Gasteiger partial charge on any atom is -0.337 e. The summed E-state index contributed by atoms with van der Waals surface area (Å²) in [6.45, 7) is 2.21. The molecule has 41 heavy (non-hydrogen) atoms. The van der Waals surface area contributed by atoms with Gasteiger partial charge in [-0.15, -0.1) is 0 Å². The summed E-state index contributed by atoms with van der Waals surface area (Å²) in [5.74, 6) is -2.54. The molecule has 2 saturated heterocycles. The summed E-state index contributed by atoms with van der Waals surface area (Å²) >= 11 is 0. The maximum absolute atomic E-state index is 15.8. The smallest absolute Gasteiger partial charge is 0.256 e. The van der Waals surface area contributed by atoms with Crippen LogP contribution in [-0.4, -0.2) is 70.5 Å². The highest BCUT2D eigenvalue weighted by atomic mass is 19.1. The molecule has 3 aromatic rings. The van der Waals surface area contributed by atoms with Crippen molar-refractivity contribution in [2.75, 3.05) is 26.2 Å². The predicted molar refractivity (Wildman–Crippen MR) is 149 cm³/mol. The Bertz CT molecular complexity index is 1460. The standard InChI is InChI=1S/C32H31FN4O4/c33-28-24(13-12-23-25(28)20-37(32(23)41)26-14-15-27(38)34-30(26)39)31(40)36-17-7-16-35(18-19-36)29(21-8-3-1-4-9-21)22-10-5-2-6-11-22/h1-6,8-13,26,29H,7,14-20H2,(H,34,38,39). The average Bonchev–Trinajstić information content (AvgIpc) is 3.14. The Kier molecular flexibility index (Phi) is 7.36. The van der Waals surface area contributed by atoms with Gasteiger partial charge < -0.3 is 9.80 Å². The van der Waals surface area contributed by atoms with Crippen LogP contribution in [0.4, 0.5) is 4.39 Å². The van der Waals surface area contributed by atoms with Crippen molar-refractivity contribution in [3.8, 4) is 0 Å². The number of piperidine rings is 1. The third kappa shape index (κ3) is 5.13. The number of halogens is 1. The fraction of sp³-hybridized carbons (Fsp3) is 0.312. The summed E-state index contributed by atoms with van der Waals surface area (Å²) < 4.78 is 15.8. The summed E-state index contributed by atoms with van der Waals surface area (Å²) in [5, 5.41) is 2.25. The monoisotopic (exact) mass is 554 g/mol. The van der Waals surface area contributed by atoms with Gasteiger partial charge in [0.05, 0.1) is 18.2 Å². The van der Waals surface area contributed by atoms with Crippen LogP contribution >= 0.6 is 0 Å². The van der Waals surface area contributed by atoms with Crippen LogP contribution in [0.25, 0.3) is 0 Å². The number of nitrogens with zero attached hydrogens (tertiary/aromatic N) is 3. The number of benzene rings is 3. The van der Waals surface area contributed by atoms with E-state index in [0.29, 0.717) is 19.6 Å². The lowest BCUT2D eigenvalue weighted by molar-refractivity contribution is -0.136. The lowest BCUT2D eigenvalue weighted by atomic mass is 9.97. The SMILES string of the molecule is O=C1CCC(N2Cc3c(ccc(C(=O)N4CCCN(C(c5ccccc5)c5ccccc5)CC4)c3F)C2=O)C(=O)N1. The van der Waals surface area contributed by atoms with Gasteiger partial charge in [0.15, 0.2) is 0 Å². The molecular weight excluding hydrogens is 523 g/mol. The molecule has 6 rings (SSSR count). The minimum absolute atomic E-state index is 0.0356.